The normalized spacial score (nSPS) is 19.3. The summed E-state index contributed by atoms with van der Waals surface area (Å²) in [5, 5.41) is 15.6. The summed E-state index contributed by atoms with van der Waals surface area (Å²) in [6, 6.07) is 6.70. The predicted octanol–water partition coefficient (Wildman–Crippen LogP) is 2.77. The summed E-state index contributed by atoms with van der Waals surface area (Å²) in [7, 11) is 1.89. The first-order valence-electron chi connectivity index (χ1n) is 10.2. The number of carbonyl (C=O) groups excluding carboxylic acids is 1. The fraction of sp³-hybridized carbons (Fsp3) is 0.381. The Morgan fingerprint density at radius 2 is 2.00 bits per heavy atom. The number of nitrogens with one attached hydrogen (secondary N) is 3. The van der Waals surface area contributed by atoms with Gasteiger partial charge in [-0.15, -0.1) is 5.10 Å². The number of benzene rings is 1. The van der Waals surface area contributed by atoms with E-state index in [1.807, 2.05) is 31.6 Å². The maximum atomic E-state index is 11.2. The van der Waals surface area contributed by atoms with E-state index in [9.17, 15) is 4.79 Å². The van der Waals surface area contributed by atoms with Crippen LogP contribution in [0, 0.1) is 0 Å². The molecule has 4 aromatic rings. The number of aromatic nitrogens is 6. The molecular weight excluding hydrogens is 380 g/mol. The highest BCUT2D eigenvalue weighted by molar-refractivity contribution is 5.95. The minimum Gasteiger partial charge on any atom is -0.354 e. The standard InChI is InChI=1S/C21H24N8O/c1-12(30)24-14-4-6-15(7-5-14)25-21-23-11-17-16(10-22-20(17)26-21)13-3-8-18-19(9-13)29(2)28-27-18/h3,8-11,14-15H,4-7H2,1-2H3,(H,24,30)(H2,22,23,25,26)/t14-,15+. The van der Waals surface area contributed by atoms with Gasteiger partial charge >= 0.3 is 0 Å². The number of aryl methyl sites for hydroxylation is 1. The number of fused-ring (bicyclic) bond motifs is 2. The average Bonchev–Trinajstić information content (AvgIpc) is 3.32. The zero-order valence-electron chi connectivity index (χ0n) is 17.0. The van der Waals surface area contributed by atoms with Gasteiger partial charge in [0.25, 0.3) is 0 Å². The van der Waals surface area contributed by atoms with Crippen LogP contribution in [-0.2, 0) is 11.8 Å². The van der Waals surface area contributed by atoms with Gasteiger partial charge in [0.1, 0.15) is 11.2 Å². The largest absolute Gasteiger partial charge is 0.354 e. The molecule has 1 aliphatic carbocycles. The molecule has 154 valence electrons. The van der Waals surface area contributed by atoms with E-state index in [1.54, 1.807) is 11.6 Å². The molecule has 0 atom stereocenters. The molecular formula is C21H24N8O. The van der Waals surface area contributed by atoms with Crippen molar-refractivity contribution in [2.24, 2.45) is 7.05 Å². The zero-order chi connectivity index (χ0) is 20.7. The van der Waals surface area contributed by atoms with Crippen LogP contribution < -0.4 is 10.6 Å². The lowest BCUT2D eigenvalue weighted by Gasteiger charge is -2.29. The van der Waals surface area contributed by atoms with Crippen LogP contribution in [0.4, 0.5) is 5.95 Å². The molecule has 0 spiro atoms. The molecule has 9 heteroatoms. The first-order chi connectivity index (χ1) is 14.6. The molecule has 0 unspecified atom stereocenters. The van der Waals surface area contributed by atoms with Gasteiger partial charge in [-0.2, -0.15) is 4.98 Å². The number of H-pyrrole nitrogens is 1. The number of rotatable bonds is 4. The highest BCUT2D eigenvalue weighted by atomic mass is 16.1. The van der Waals surface area contributed by atoms with Crippen LogP contribution in [0.5, 0.6) is 0 Å². The summed E-state index contributed by atoms with van der Waals surface area (Å²) in [5.41, 5.74) is 4.78. The lowest BCUT2D eigenvalue weighted by atomic mass is 9.91. The van der Waals surface area contributed by atoms with Crippen molar-refractivity contribution in [3.05, 3.63) is 30.6 Å². The molecule has 3 aromatic heterocycles. The Kier molecular flexibility index (Phi) is 4.57. The van der Waals surface area contributed by atoms with Crippen LogP contribution in [0.25, 0.3) is 33.2 Å². The van der Waals surface area contributed by atoms with E-state index < -0.39 is 0 Å². The van der Waals surface area contributed by atoms with Gasteiger partial charge in [0.2, 0.25) is 11.9 Å². The Labute approximate surface area is 173 Å². The molecule has 1 fully saturated rings. The third-order valence-electron chi connectivity index (χ3n) is 5.82. The van der Waals surface area contributed by atoms with Gasteiger partial charge in [-0.3, -0.25) is 4.79 Å². The van der Waals surface area contributed by atoms with Crippen molar-refractivity contribution in [3.8, 4) is 11.1 Å². The second-order valence-electron chi connectivity index (χ2n) is 7.97. The molecule has 3 heterocycles. The third kappa shape index (κ3) is 3.47. The molecule has 1 amide bonds. The molecule has 0 radical (unpaired) electrons. The molecule has 0 saturated heterocycles. The Morgan fingerprint density at radius 1 is 1.20 bits per heavy atom. The summed E-state index contributed by atoms with van der Waals surface area (Å²) < 4.78 is 1.77. The van der Waals surface area contributed by atoms with Crippen LogP contribution in [0.1, 0.15) is 32.6 Å². The molecule has 5 rings (SSSR count). The topological polar surface area (TPSA) is 113 Å². The van der Waals surface area contributed by atoms with Gasteiger partial charge in [-0.25, -0.2) is 9.67 Å². The molecule has 1 aromatic carbocycles. The van der Waals surface area contributed by atoms with E-state index >= 15 is 0 Å². The second-order valence-corrected chi connectivity index (χ2v) is 7.97. The first kappa shape index (κ1) is 18.5. The van der Waals surface area contributed by atoms with E-state index in [0.29, 0.717) is 12.0 Å². The Bertz CT molecular complexity index is 1220. The summed E-state index contributed by atoms with van der Waals surface area (Å²) >= 11 is 0. The molecule has 1 aliphatic rings. The lowest BCUT2D eigenvalue weighted by Crippen LogP contribution is -2.39. The summed E-state index contributed by atoms with van der Waals surface area (Å²) in [5.74, 6) is 0.673. The minimum absolute atomic E-state index is 0.0431. The maximum Gasteiger partial charge on any atom is 0.224 e. The number of amides is 1. The zero-order valence-corrected chi connectivity index (χ0v) is 17.0. The van der Waals surface area contributed by atoms with Crippen molar-refractivity contribution in [2.75, 3.05) is 5.32 Å². The number of anilines is 1. The van der Waals surface area contributed by atoms with E-state index in [-0.39, 0.29) is 11.9 Å². The highest BCUT2D eigenvalue weighted by Gasteiger charge is 2.22. The van der Waals surface area contributed by atoms with Gasteiger partial charge < -0.3 is 15.6 Å². The van der Waals surface area contributed by atoms with Crippen molar-refractivity contribution in [2.45, 2.75) is 44.7 Å². The summed E-state index contributed by atoms with van der Waals surface area (Å²) in [6.45, 7) is 1.57. The number of hydrogen-bond donors (Lipinski definition) is 3. The second kappa shape index (κ2) is 7.40. The van der Waals surface area contributed by atoms with Crippen LogP contribution in [0.3, 0.4) is 0 Å². The Balaban J connectivity index is 1.34. The van der Waals surface area contributed by atoms with E-state index in [0.717, 1.165) is 58.9 Å². The van der Waals surface area contributed by atoms with Crippen molar-refractivity contribution >= 4 is 33.9 Å². The predicted molar refractivity (Wildman–Crippen MR) is 115 cm³/mol. The van der Waals surface area contributed by atoms with Gasteiger partial charge in [0.15, 0.2) is 0 Å². The number of aromatic amines is 1. The Morgan fingerprint density at radius 3 is 2.80 bits per heavy atom. The van der Waals surface area contributed by atoms with Crippen LogP contribution in [0.2, 0.25) is 0 Å². The fourth-order valence-corrected chi connectivity index (χ4v) is 4.27. The Hall–Kier alpha value is -3.49. The number of hydrogen-bond acceptors (Lipinski definition) is 6. The molecule has 1 saturated carbocycles. The molecule has 3 N–H and O–H groups in total. The van der Waals surface area contributed by atoms with E-state index in [4.69, 9.17) is 0 Å². The van der Waals surface area contributed by atoms with Gasteiger partial charge in [-0.1, -0.05) is 11.3 Å². The van der Waals surface area contributed by atoms with Crippen molar-refractivity contribution in [1.29, 1.82) is 0 Å². The third-order valence-corrected chi connectivity index (χ3v) is 5.82. The summed E-state index contributed by atoms with van der Waals surface area (Å²) in [6.07, 6.45) is 7.75. The van der Waals surface area contributed by atoms with Gasteiger partial charge in [0.05, 0.1) is 5.52 Å². The monoisotopic (exact) mass is 404 g/mol. The minimum atomic E-state index is 0.0431. The lowest BCUT2D eigenvalue weighted by molar-refractivity contribution is -0.119. The summed E-state index contributed by atoms with van der Waals surface area (Å²) in [4.78, 5) is 23.7. The quantitative estimate of drug-likeness (QED) is 0.482. The van der Waals surface area contributed by atoms with Crippen molar-refractivity contribution in [3.63, 3.8) is 0 Å². The highest BCUT2D eigenvalue weighted by Crippen LogP contribution is 2.30. The fourth-order valence-electron chi connectivity index (χ4n) is 4.27. The number of nitrogens with zero attached hydrogens (tertiary/aromatic N) is 5. The molecule has 9 nitrogen and oxygen atoms in total. The molecule has 0 bridgehead atoms. The van der Waals surface area contributed by atoms with Gasteiger partial charge in [-0.05, 0) is 43.4 Å². The number of carbonyl (C=O) groups is 1. The maximum absolute atomic E-state index is 11.2. The smallest absolute Gasteiger partial charge is 0.224 e. The SMILES string of the molecule is CC(=O)N[C@H]1CC[C@@H](Nc2ncc3c(-c4ccc5nnn(C)c5c4)c[nH]c3n2)CC1. The average molecular weight is 404 g/mol. The van der Waals surface area contributed by atoms with Crippen molar-refractivity contribution in [1.82, 2.24) is 35.3 Å². The van der Waals surface area contributed by atoms with E-state index in [1.165, 1.54) is 0 Å². The van der Waals surface area contributed by atoms with Crippen LogP contribution in [-0.4, -0.2) is 47.9 Å². The van der Waals surface area contributed by atoms with Crippen molar-refractivity contribution < 1.29 is 4.79 Å². The molecule has 30 heavy (non-hydrogen) atoms. The van der Waals surface area contributed by atoms with Gasteiger partial charge in [0, 0.05) is 49.4 Å². The first-order valence-corrected chi connectivity index (χ1v) is 10.2. The van der Waals surface area contributed by atoms with Crippen LogP contribution in [0.15, 0.2) is 30.6 Å². The van der Waals surface area contributed by atoms with Crippen LogP contribution >= 0.6 is 0 Å². The molecule has 0 aliphatic heterocycles. The van der Waals surface area contributed by atoms with E-state index in [2.05, 4.69) is 42.0 Å².